The highest BCUT2D eigenvalue weighted by Crippen LogP contribution is 2.39. The number of likely N-dealkylation sites (tertiary alicyclic amines) is 1. The van der Waals surface area contributed by atoms with Gasteiger partial charge in [-0.05, 0) is 26.2 Å². The Bertz CT molecular complexity index is 257. The van der Waals surface area contributed by atoms with Gasteiger partial charge in [0.2, 0.25) is 5.91 Å². The molecule has 0 radical (unpaired) electrons. The molecular formula is C11H19NO3. The molecule has 0 unspecified atom stereocenters. The lowest BCUT2D eigenvalue weighted by atomic mass is 9.77. The number of ether oxygens (including phenoxy) is 1. The standard InChI is InChI=1S/C11H19NO3/c1-10(14)7-12(8-10)9(13)6-11(15-2)4-3-5-11/h14H,3-8H2,1-2H3. The molecule has 2 aliphatic rings. The molecule has 0 aromatic heterocycles. The maximum absolute atomic E-state index is 11.8. The number of rotatable bonds is 3. The maximum atomic E-state index is 11.8. The van der Waals surface area contributed by atoms with Crippen LogP contribution in [-0.4, -0.2) is 47.3 Å². The number of aliphatic hydroxyl groups is 1. The summed E-state index contributed by atoms with van der Waals surface area (Å²) in [5.41, 5.74) is -0.867. The van der Waals surface area contributed by atoms with E-state index in [0.29, 0.717) is 19.5 Å². The van der Waals surface area contributed by atoms with Crippen molar-refractivity contribution < 1.29 is 14.6 Å². The first-order valence-corrected chi connectivity index (χ1v) is 5.52. The molecule has 4 nitrogen and oxygen atoms in total. The summed E-state index contributed by atoms with van der Waals surface area (Å²) >= 11 is 0. The van der Waals surface area contributed by atoms with Crippen molar-refractivity contribution in [2.45, 2.75) is 43.8 Å². The minimum absolute atomic E-state index is 0.114. The monoisotopic (exact) mass is 213 g/mol. The fourth-order valence-corrected chi connectivity index (χ4v) is 2.36. The number of carbonyl (C=O) groups is 1. The van der Waals surface area contributed by atoms with E-state index in [9.17, 15) is 9.90 Å². The molecule has 0 aromatic carbocycles. The summed E-state index contributed by atoms with van der Waals surface area (Å²) in [5, 5.41) is 9.53. The Balaban J connectivity index is 1.83. The second kappa shape index (κ2) is 3.46. The molecule has 1 aliphatic carbocycles. The highest BCUT2D eigenvalue weighted by atomic mass is 16.5. The van der Waals surface area contributed by atoms with Gasteiger partial charge in [-0.3, -0.25) is 4.79 Å². The number of nitrogens with zero attached hydrogens (tertiary/aromatic N) is 1. The Hall–Kier alpha value is -0.610. The predicted octanol–water partition coefficient (Wildman–Crippen LogP) is 0.539. The van der Waals surface area contributed by atoms with E-state index in [4.69, 9.17) is 4.74 Å². The summed E-state index contributed by atoms with van der Waals surface area (Å²) in [5.74, 6) is 0.114. The number of hydrogen-bond donors (Lipinski definition) is 1. The first kappa shape index (κ1) is 10.9. The van der Waals surface area contributed by atoms with E-state index < -0.39 is 5.60 Å². The summed E-state index contributed by atoms with van der Waals surface area (Å²) in [4.78, 5) is 13.5. The molecule has 2 fully saturated rings. The van der Waals surface area contributed by atoms with Gasteiger partial charge in [0.1, 0.15) is 0 Å². The quantitative estimate of drug-likeness (QED) is 0.744. The van der Waals surface area contributed by atoms with Crippen LogP contribution in [0.25, 0.3) is 0 Å². The van der Waals surface area contributed by atoms with Crippen LogP contribution in [0.5, 0.6) is 0 Å². The molecule has 0 aromatic rings. The lowest BCUT2D eigenvalue weighted by Gasteiger charge is -2.47. The van der Waals surface area contributed by atoms with Gasteiger partial charge in [-0.2, -0.15) is 0 Å². The van der Waals surface area contributed by atoms with Gasteiger partial charge in [-0.25, -0.2) is 0 Å². The molecule has 1 N–H and O–H groups in total. The van der Waals surface area contributed by atoms with Crippen molar-refractivity contribution in [1.29, 1.82) is 0 Å². The van der Waals surface area contributed by atoms with Gasteiger partial charge in [-0.15, -0.1) is 0 Å². The van der Waals surface area contributed by atoms with Crippen LogP contribution in [0.2, 0.25) is 0 Å². The van der Waals surface area contributed by atoms with Crippen LogP contribution in [0.4, 0.5) is 0 Å². The molecule has 0 spiro atoms. The third-order valence-corrected chi connectivity index (χ3v) is 3.59. The van der Waals surface area contributed by atoms with E-state index in [2.05, 4.69) is 0 Å². The lowest BCUT2D eigenvalue weighted by molar-refractivity contribution is -0.162. The Morgan fingerprint density at radius 1 is 1.47 bits per heavy atom. The van der Waals surface area contributed by atoms with Crippen LogP contribution in [0.3, 0.4) is 0 Å². The number of hydrogen-bond acceptors (Lipinski definition) is 3. The van der Waals surface area contributed by atoms with Gasteiger partial charge in [-0.1, -0.05) is 0 Å². The maximum Gasteiger partial charge on any atom is 0.225 e. The van der Waals surface area contributed by atoms with Crippen LogP contribution >= 0.6 is 0 Å². The molecule has 1 saturated carbocycles. The van der Waals surface area contributed by atoms with Crippen LogP contribution in [0.1, 0.15) is 32.6 Å². The van der Waals surface area contributed by atoms with E-state index in [1.165, 1.54) is 0 Å². The molecule has 15 heavy (non-hydrogen) atoms. The normalized spacial score (nSPS) is 26.7. The third-order valence-electron chi connectivity index (χ3n) is 3.59. The molecule has 1 aliphatic heterocycles. The van der Waals surface area contributed by atoms with Crippen molar-refractivity contribution >= 4 is 5.91 Å². The number of amides is 1. The van der Waals surface area contributed by atoms with Crippen molar-refractivity contribution in [2.24, 2.45) is 0 Å². The van der Waals surface area contributed by atoms with E-state index in [-0.39, 0.29) is 11.5 Å². The van der Waals surface area contributed by atoms with Gasteiger partial charge in [0.15, 0.2) is 0 Å². The molecule has 2 rings (SSSR count). The van der Waals surface area contributed by atoms with Gasteiger partial charge in [0.05, 0.1) is 30.7 Å². The average molecular weight is 213 g/mol. The molecule has 0 atom stereocenters. The number of methoxy groups -OCH3 is 1. The van der Waals surface area contributed by atoms with Crippen molar-refractivity contribution in [2.75, 3.05) is 20.2 Å². The molecule has 4 heteroatoms. The number of carbonyl (C=O) groups excluding carboxylic acids is 1. The smallest absolute Gasteiger partial charge is 0.225 e. The summed E-state index contributed by atoms with van der Waals surface area (Å²) in [6, 6.07) is 0. The molecule has 1 saturated heterocycles. The first-order valence-electron chi connectivity index (χ1n) is 5.52. The van der Waals surface area contributed by atoms with Gasteiger partial charge in [0.25, 0.3) is 0 Å². The highest BCUT2D eigenvalue weighted by Gasteiger charge is 2.44. The zero-order chi connectivity index (χ0) is 11.1. The molecule has 1 heterocycles. The van der Waals surface area contributed by atoms with Gasteiger partial charge in [0, 0.05) is 7.11 Å². The summed E-state index contributed by atoms with van der Waals surface area (Å²) in [6.45, 7) is 2.68. The Morgan fingerprint density at radius 3 is 2.40 bits per heavy atom. The Labute approximate surface area is 90.2 Å². The van der Waals surface area contributed by atoms with Gasteiger partial charge < -0.3 is 14.7 Å². The molecule has 0 bridgehead atoms. The van der Waals surface area contributed by atoms with Crippen molar-refractivity contribution in [3.8, 4) is 0 Å². The topological polar surface area (TPSA) is 49.8 Å². The molecule has 1 amide bonds. The fraction of sp³-hybridized carbons (Fsp3) is 0.909. The van der Waals surface area contributed by atoms with Crippen LogP contribution < -0.4 is 0 Å². The van der Waals surface area contributed by atoms with E-state index >= 15 is 0 Å². The first-order chi connectivity index (χ1) is 6.96. The van der Waals surface area contributed by atoms with Gasteiger partial charge >= 0.3 is 0 Å². The summed E-state index contributed by atoms with van der Waals surface area (Å²) in [7, 11) is 1.68. The molecular weight excluding hydrogens is 194 g/mol. The SMILES string of the molecule is COC1(CC(=O)N2CC(C)(O)C2)CCC1. The van der Waals surface area contributed by atoms with Crippen LogP contribution in [0.15, 0.2) is 0 Å². The third kappa shape index (κ3) is 2.01. The fourth-order valence-electron chi connectivity index (χ4n) is 2.36. The zero-order valence-corrected chi connectivity index (χ0v) is 9.45. The highest BCUT2D eigenvalue weighted by molar-refractivity contribution is 5.78. The zero-order valence-electron chi connectivity index (χ0n) is 9.45. The second-order valence-corrected chi connectivity index (χ2v) is 5.16. The van der Waals surface area contributed by atoms with Crippen molar-refractivity contribution in [3.05, 3.63) is 0 Å². The minimum atomic E-state index is -0.671. The summed E-state index contributed by atoms with van der Waals surface area (Å²) < 4.78 is 5.41. The van der Waals surface area contributed by atoms with Crippen molar-refractivity contribution in [1.82, 2.24) is 4.90 Å². The Morgan fingerprint density at radius 2 is 2.07 bits per heavy atom. The van der Waals surface area contributed by atoms with E-state index in [1.54, 1.807) is 18.9 Å². The van der Waals surface area contributed by atoms with Crippen LogP contribution in [-0.2, 0) is 9.53 Å². The van der Waals surface area contributed by atoms with E-state index in [0.717, 1.165) is 19.3 Å². The van der Waals surface area contributed by atoms with E-state index in [1.807, 2.05) is 0 Å². The average Bonchev–Trinajstić information content (AvgIpc) is 2.07. The van der Waals surface area contributed by atoms with Crippen molar-refractivity contribution in [3.63, 3.8) is 0 Å². The second-order valence-electron chi connectivity index (χ2n) is 5.16. The largest absolute Gasteiger partial charge is 0.386 e. The predicted molar refractivity (Wildman–Crippen MR) is 55.4 cm³/mol. The Kier molecular flexibility index (Phi) is 2.51. The number of β-amino-alcohol motifs (C(OH)–C–C–N with tert-alkyl or cyclic N) is 1. The summed E-state index contributed by atoms with van der Waals surface area (Å²) in [6.07, 6.45) is 3.59. The van der Waals surface area contributed by atoms with Crippen LogP contribution in [0, 0.1) is 0 Å². The minimum Gasteiger partial charge on any atom is -0.386 e. The lowest BCUT2D eigenvalue weighted by Crippen LogP contribution is -2.62. The molecule has 86 valence electrons.